The van der Waals surface area contributed by atoms with Crippen LogP contribution in [-0.2, 0) is 4.79 Å². The molecule has 23 heavy (non-hydrogen) atoms. The summed E-state index contributed by atoms with van der Waals surface area (Å²) in [4.78, 5) is 12.1. The van der Waals surface area contributed by atoms with Gasteiger partial charge in [0, 0.05) is 10.7 Å². The fourth-order valence-corrected chi connectivity index (χ4v) is 3.66. The first-order valence-electron chi connectivity index (χ1n) is 6.95. The number of nitrogens with zero attached hydrogens (tertiary/aromatic N) is 1. The highest BCUT2D eigenvalue weighted by Crippen LogP contribution is 2.37. The van der Waals surface area contributed by atoms with E-state index < -0.39 is 0 Å². The van der Waals surface area contributed by atoms with Crippen molar-refractivity contribution in [2.45, 2.75) is 5.37 Å². The lowest BCUT2D eigenvalue weighted by molar-refractivity contribution is -0.129. The molecule has 0 spiro atoms. The van der Waals surface area contributed by atoms with Crippen LogP contribution in [0.3, 0.4) is 0 Å². The quantitative estimate of drug-likeness (QED) is 0.812. The molecule has 0 aromatic heterocycles. The number of hydrogen-bond donors (Lipinski definition) is 2. The molecule has 1 aliphatic rings. The van der Waals surface area contributed by atoms with Gasteiger partial charge < -0.3 is 5.32 Å². The molecule has 0 radical (unpaired) electrons. The Hall–Kier alpha value is -1.76. The molecule has 0 bridgehead atoms. The molecule has 3 rings (SSSR count). The fraction of sp³-hybridized carbons (Fsp3) is 0.125. The van der Waals surface area contributed by atoms with Crippen LogP contribution >= 0.6 is 35.6 Å². The van der Waals surface area contributed by atoms with Crippen LogP contribution in [0.1, 0.15) is 10.9 Å². The van der Waals surface area contributed by atoms with Gasteiger partial charge in [-0.25, -0.2) is 5.01 Å². The summed E-state index contributed by atoms with van der Waals surface area (Å²) in [7, 11) is 0. The molecule has 2 N–H and O–H groups in total. The predicted octanol–water partition coefficient (Wildman–Crippen LogP) is 3.82. The minimum atomic E-state index is -0.0892. The van der Waals surface area contributed by atoms with Gasteiger partial charge in [-0.15, -0.1) is 11.8 Å². The van der Waals surface area contributed by atoms with E-state index in [1.54, 1.807) is 28.9 Å². The van der Waals surface area contributed by atoms with Gasteiger partial charge in [-0.2, -0.15) is 0 Å². The van der Waals surface area contributed by atoms with E-state index in [1.807, 2.05) is 42.5 Å². The van der Waals surface area contributed by atoms with Crippen molar-refractivity contribution in [3.8, 4) is 0 Å². The zero-order valence-electron chi connectivity index (χ0n) is 12.0. The third-order valence-corrected chi connectivity index (χ3v) is 4.93. The highest BCUT2D eigenvalue weighted by molar-refractivity contribution is 8.00. The van der Waals surface area contributed by atoms with Crippen LogP contribution in [0.25, 0.3) is 0 Å². The van der Waals surface area contributed by atoms with Crippen molar-refractivity contribution in [3.63, 3.8) is 0 Å². The van der Waals surface area contributed by atoms with E-state index in [2.05, 4.69) is 10.7 Å². The molecule has 7 heteroatoms. The number of amides is 1. The first-order chi connectivity index (χ1) is 11.1. The number of thioether (sulfide) groups is 1. The maximum atomic E-state index is 12.1. The Balaban J connectivity index is 1.68. The highest BCUT2D eigenvalue weighted by atomic mass is 35.5. The topological polar surface area (TPSA) is 44.4 Å². The molecule has 0 aliphatic carbocycles. The van der Waals surface area contributed by atoms with Crippen molar-refractivity contribution in [3.05, 3.63) is 65.2 Å². The van der Waals surface area contributed by atoms with Crippen LogP contribution in [0.15, 0.2) is 54.6 Å². The molecule has 4 nitrogen and oxygen atoms in total. The van der Waals surface area contributed by atoms with Crippen LogP contribution in [0.5, 0.6) is 0 Å². The Morgan fingerprint density at radius 3 is 2.57 bits per heavy atom. The number of hydrazine groups is 1. The molecule has 1 fully saturated rings. The van der Waals surface area contributed by atoms with Gasteiger partial charge in [0.1, 0.15) is 5.37 Å². The summed E-state index contributed by atoms with van der Waals surface area (Å²) in [6, 6.07) is 17.1. The summed E-state index contributed by atoms with van der Waals surface area (Å²) >= 11 is 12.7. The Morgan fingerprint density at radius 2 is 1.87 bits per heavy atom. The average Bonchev–Trinajstić information content (AvgIpc) is 2.91. The normalized spacial score (nSPS) is 17.2. The molecule has 1 unspecified atom stereocenters. The van der Waals surface area contributed by atoms with E-state index in [9.17, 15) is 4.79 Å². The average molecular weight is 364 g/mol. The number of halogens is 1. The van der Waals surface area contributed by atoms with Crippen molar-refractivity contribution in [2.75, 3.05) is 11.1 Å². The minimum Gasteiger partial charge on any atom is -0.331 e. The number of carbonyl (C=O) groups is 1. The van der Waals surface area contributed by atoms with Gasteiger partial charge in [-0.1, -0.05) is 41.9 Å². The first kappa shape index (κ1) is 16.1. The van der Waals surface area contributed by atoms with Gasteiger partial charge in [-0.05, 0) is 42.0 Å². The lowest BCUT2D eigenvalue weighted by Gasteiger charge is -2.26. The molecule has 1 heterocycles. The van der Waals surface area contributed by atoms with Gasteiger partial charge in [0.25, 0.3) is 5.91 Å². The van der Waals surface area contributed by atoms with Crippen LogP contribution < -0.4 is 10.7 Å². The zero-order valence-corrected chi connectivity index (χ0v) is 14.4. The number of benzene rings is 2. The van der Waals surface area contributed by atoms with Crippen LogP contribution in [0, 0.1) is 0 Å². The van der Waals surface area contributed by atoms with E-state index >= 15 is 0 Å². The number of hydrogen-bond acceptors (Lipinski definition) is 3. The number of rotatable bonds is 3. The Bertz CT molecular complexity index is 709. The summed E-state index contributed by atoms with van der Waals surface area (Å²) < 4.78 is 0. The summed E-state index contributed by atoms with van der Waals surface area (Å²) in [5.74, 6) is 0.431. The van der Waals surface area contributed by atoms with E-state index in [0.29, 0.717) is 15.9 Å². The van der Waals surface area contributed by atoms with Gasteiger partial charge in [0.15, 0.2) is 5.11 Å². The predicted molar refractivity (Wildman–Crippen MR) is 99.3 cm³/mol. The lowest BCUT2D eigenvalue weighted by Crippen LogP contribution is -2.46. The first-order valence-corrected chi connectivity index (χ1v) is 8.79. The van der Waals surface area contributed by atoms with Crippen LogP contribution in [0.2, 0.25) is 5.02 Å². The maximum absolute atomic E-state index is 12.1. The molecule has 0 saturated carbocycles. The molecular weight excluding hydrogens is 350 g/mol. The summed E-state index contributed by atoms with van der Waals surface area (Å²) in [5, 5.41) is 5.55. The largest absolute Gasteiger partial charge is 0.331 e. The Labute approximate surface area is 149 Å². The third kappa shape index (κ3) is 3.96. The van der Waals surface area contributed by atoms with Crippen LogP contribution in [-0.4, -0.2) is 21.8 Å². The zero-order chi connectivity index (χ0) is 16.2. The molecular formula is C16H14ClN3OS2. The number of carbonyl (C=O) groups excluding carboxylic acids is 1. The summed E-state index contributed by atoms with van der Waals surface area (Å²) in [5.41, 5.74) is 4.86. The second kappa shape index (κ2) is 7.21. The van der Waals surface area contributed by atoms with E-state index in [4.69, 9.17) is 23.8 Å². The number of thiocarbonyl (C=S) groups is 1. The minimum absolute atomic E-state index is 0.00380. The molecule has 1 aliphatic heterocycles. The Morgan fingerprint density at radius 1 is 1.17 bits per heavy atom. The van der Waals surface area contributed by atoms with Gasteiger partial charge in [0.05, 0.1) is 5.75 Å². The van der Waals surface area contributed by atoms with Crippen molar-refractivity contribution in [1.82, 2.24) is 10.4 Å². The van der Waals surface area contributed by atoms with Crippen molar-refractivity contribution >= 4 is 52.3 Å². The van der Waals surface area contributed by atoms with E-state index in [1.165, 1.54) is 0 Å². The van der Waals surface area contributed by atoms with Crippen molar-refractivity contribution in [2.24, 2.45) is 0 Å². The molecule has 1 amide bonds. The van der Waals surface area contributed by atoms with Crippen LogP contribution in [0.4, 0.5) is 5.69 Å². The lowest BCUT2D eigenvalue weighted by atomic mass is 10.2. The molecule has 2 aromatic rings. The molecule has 2 aromatic carbocycles. The smallest absolute Gasteiger partial charge is 0.252 e. The molecule has 1 saturated heterocycles. The molecule has 118 valence electrons. The highest BCUT2D eigenvalue weighted by Gasteiger charge is 2.33. The molecule has 1 atom stereocenters. The SMILES string of the molecule is O=C1CSC(c2ccccc2)N1NC(=S)Nc1ccc(Cl)cc1. The van der Waals surface area contributed by atoms with E-state index in [-0.39, 0.29) is 11.3 Å². The van der Waals surface area contributed by atoms with Gasteiger partial charge >= 0.3 is 0 Å². The van der Waals surface area contributed by atoms with Gasteiger partial charge in [0.2, 0.25) is 0 Å². The fourth-order valence-electron chi connectivity index (χ4n) is 2.21. The summed E-state index contributed by atoms with van der Waals surface area (Å²) in [6.45, 7) is 0. The second-order valence-corrected chi connectivity index (χ2v) is 6.82. The third-order valence-electron chi connectivity index (χ3n) is 3.28. The summed E-state index contributed by atoms with van der Waals surface area (Å²) in [6.07, 6.45) is 0. The monoisotopic (exact) mass is 363 g/mol. The standard InChI is InChI=1S/C16H14ClN3OS2/c17-12-6-8-13(9-7-12)18-16(22)19-20-14(21)10-23-15(20)11-4-2-1-3-5-11/h1-9,15H,10H2,(H2,18,19,22). The number of nitrogens with one attached hydrogen (secondary N) is 2. The van der Waals surface area contributed by atoms with Crippen molar-refractivity contribution < 1.29 is 4.79 Å². The van der Waals surface area contributed by atoms with Gasteiger partial charge in [-0.3, -0.25) is 10.2 Å². The maximum Gasteiger partial charge on any atom is 0.252 e. The van der Waals surface area contributed by atoms with Crippen molar-refractivity contribution in [1.29, 1.82) is 0 Å². The second-order valence-electron chi connectivity index (χ2n) is 4.91. The van der Waals surface area contributed by atoms with E-state index in [0.717, 1.165) is 11.3 Å². The number of anilines is 1. The Kier molecular flexibility index (Phi) is 5.05.